The predicted molar refractivity (Wildman–Crippen MR) is 120 cm³/mol. The SMILES string of the molecule is COc1cc(C(=O)c2ccccc2O)ccc1N[C@@H]1CNC[C@H]1NC(=O)c1ccncc1. The maximum absolute atomic E-state index is 12.8. The quantitative estimate of drug-likeness (QED) is 0.424. The summed E-state index contributed by atoms with van der Waals surface area (Å²) in [6.07, 6.45) is 3.17. The average Bonchev–Trinajstić information content (AvgIpc) is 3.26. The Morgan fingerprint density at radius 3 is 2.53 bits per heavy atom. The third-order valence-corrected chi connectivity index (χ3v) is 5.43. The summed E-state index contributed by atoms with van der Waals surface area (Å²) in [4.78, 5) is 29.3. The molecule has 1 fully saturated rings. The van der Waals surface area contributed by atoms with E-state index in [1.807, 2.05) is 0 Å². The maximum atomic E-state index is 12.8. The molecule has 0 aliphatic carbocycles. The number of aromatic nitrogens is 1. The van der Waals surface area contributed by atoms with E-state index in [2.05, 4.69) is 20.9 Å². The molecule has 2 aromatic carbocycles. The van der Waals surface area contributed by atoms with Crippen LogP contribution in [0.1, 0.15) is 26.3 Å². The summed E-state index contributed by atoms with van der Waals surface area (Å²) >= 11 is 0. The molecular weight excluding hydrogens is 408 g/mol. The predicted octanol–water partition coefficient (Wildman–Crippen LogP) is 2.21. The number of carbonyl (C=O) groups excluding carboxylic acids is 2. The first kappa shape index (κ1) is 21.3. The minimum atomic E-state index is -0.294. The van der Waals surface area contributed by atoms with Crippen molar-refractivity contribution in [1.82, 2.24) is 15.6 Å². The molecule has 3 aromatic rings. The third-order valence-electron chi connectivity index (χ3n) is 5.43. The van der Waals surface area contributed by atoms with E-state index >= 15 is 0 Å². The number of benzene rings is 2. The van der Waals surface area contributed by atoms with Crippen molar-refractivity contribution in [3.05, 3.63) is 83.7 Å². The molecule has 4 N–H and O–H groups in total. The van der Waals surface area contributed by atoms with E-state index in [0.29, 0.717) is 35.7 Å². The van der Waals surface area contributed by atoms with Crippen molar-refractivity contribution in [2.75, 3.05) is 25.5 Å². The molecule has 1 saturated heterocycles. The van der Waals surface area contributed by atoms with Gasteiger partial charge in [0.25, 0.3) is 5.91 Å². The molecule has 1 aliphatic heterocycles. The Kier molecular flexibility index (Phi) is 6.32. The summed E-state index contributed by atoms with van der Waals surface area (Å²) < 4.78 is 5.51. The first-order valence-corrected chi connectivity index (χ1v) is 10.3. The number of ketones is 1. The van der Waals surface area contributed by atoms with Crippen LogP contribution in [0.4, 0.5) is 5.69 Å². The standard InChI is InChI=1S/C24H24N4O4/c1-32-22-12-16(23(30)17-4-2-3-5-21(17)29)6-7-18(22)27-19-13-26-14-20(19)28-24(31)15-8-10-25-11-9-15/h2-12,19-20,26-27,29H,13-14H2,1H3,(H,28,31)/t19-,20-/m1/s1. The number of para-hydroxylation sites is 1. The van der Waals surface area contributed by atoms with E-state index in [1.54, 1.807) is 60.9 Å². The number of hydrogen-bond donors (Lipinski definition) is 4. The lowest BCUT2D eigenvalue weighted by Gasteiger charge is -2.23. The van der Waals surface area contributed by atoms with Crippen LogP contribution in [0.5, 0.6) is 11.5 Å². The van der Waals surface area contributed by atoms with Crippen molar-refractivity contribution in [3.63, 3.8) is 0 Å². The molecule has 1 aliphatic rings. The fourth-order valence-electron chi connectivity index (χ4n) is 3.71. The molecule has 8 heteroatoms. The molecule has 0 spiro atoms. The van der Waals surface area contributed by atoms with Crippen molar-refractivity contribution in [2.24, 2.45) is 0 Å². The monoisotopic (exact) mass is 432 g/mol. The second-order valence-corrected chi connectivity index (χ2v) is 7.49. The van der Waals surface area contributed by atoms with Crippen LogP contribution in [0.2, 0.25) is 0 Å². The Labute approximate surface area is 185 Å². The van der Waals surface area contributed by atoms with Crippen LogP contribution in [0.15, 0.2) is 67.0 Å². The van der Waals surface area contributed by atoms with Gasteiger partial charge in [-0.1, -0.05) is 12.1 Å². The first-order valence-electron chi connectivity index (χ1n) is 10.3. The van der Waals surface area contributed by atoms with Gasteiger partial charge in [0.05, 0.1) is 30.4 Å². The van der Waals surface area contributed by atoms with Gasteiger partial charge >= 0.3 is 0 Å². The lowest BCUT2D eigenvalue weighted by atomic mass is 10.0. The van der Waals surface area contributed by atoms with Gasteiger partial charge in [-0.05, 0) is 42.5 Å². The van der Waals surface area contributed by atoms with Gasteiger partial charge in [0.15, 0.2) is 5.78 Å². The molecule has 0 radical (unpaired) electrons. The van der Waals surface area contributed by atoms with E-state index in [0.717, 1.165) is 0 Å². The van der Waals surface area contributed by atoms with Crippen LogP contribution in [-0.4, -0.2) is 54.1 Å². The molecule has 4 rings (SSSR count). The van der Waals surface area contributed by atoms with E-state index in [-0.39, 0.29) is 35.1 Å². The number of phenols is 1. The topological polar surface area (TPSA) is 113 Å². The van der Waals surface area contributed by atoms with Crippen LogP contribution in [0, 0.1) is 0 Å². The fraction of sp³-hybridized carbons (Fsp3) is 0.208. The molecule has 2 atom stereocenters. The Hall–Kier alpha value is -3.91. The minimum absolute atomic E-state index is 0.0662. The smallest absolute Gasteiger partial charge is 0.251 e. The maximum Gasteiger partial charge on any atom is 0.251 e. The van der Waals surface area contributed by atoms with Crippen LogP contribution in [-0.2, 0) is 0 Å². The number of ether oxygens (including phenoxy) is 1. The highest BCUT2D eigenvalue weighted by molar-refractivity contribution is 6.11. The number of methoxy groups -OCH3 is 1. The zero-order valence-electron chi connectivity index (χ0n) is 17.5. The van der Waals surface area contributed by atoms with E-state index in [1.165, 1.54) is 13.2 Å². The normalized spacial score (nSPS) is 17.5. The molecule has 32 heavy (non-hydrogen) atoms. The Balaban J connectivity index is 1.49. The van der Waals surface area contributed by atoms with Gasteiger partial charge < -0.3 is 25.8 Å². The number of nitrogens with zero attached hydrogens (tertiary/aromatic N) is 1. The highest BCUT2D eigenvalue weighted by Crippen LogP contribution is 2.29. The number of anilines is 1. The van der Waals surface area contributed by atoms with Gasteiger partial charge in [-0.3, -0.25) is 14.6 Å². The average molecular weight is 432 g/mol. The number of amides is 1. The lowest BCUT2D eigenvalue weighted by Crippen LogP contribution is -2.46. The molecular formula is C24H24N4O4. The summed E-state index contributed by atoms with van der Waals surface area (Å²) in [6.45, 7) is 1.28. The summed E-state index contributed by atoms with van der Waals surface area (Å²) in [5.74, 6) is -0.0256. The van der Waals surface area contributed by atoms with E-state index < -0.39 is 0 Å². The summed E-state index contributed by atoms with van der Waals surface area (Å²) in [5, 5.41) is 19.7. The van der Waals surface area contributed by atoms with Gasteiger partial charge in [0.1, 0.15) is 11.5 Å². The number of rotatable bonds is 7. The molecule has 0 bridgehead atoms. The largest absolute Gasteiger partial charge is 0.507 e. The first-order chi connectivity index (χ1) is 15.6. The van der Waals surface area contributed by atoms with Gasteiger partial charge in [0.2, 0.25) is 0 Å². The number of nitrogens with one attached hydrogen (secondary N) is 3. The van der Waals surface area contributed by atoms with Gasteiger partial charge in [-0.25, -0.2) is 0 Å². The van der Waals surface area contributed by atoms with Crippen molar-refractivity contribution < 1.29 is 19.4 Å². The van der Waals surface area contributed by atoms with Crippen molar-refractivity contribution >= 4 is 17.4 Å². The van der Waals surface area contributed by atoms with Gasteiger partial charge in [-0.2, -0.15) is 0 Å². The Bertz CT molecular complexity index is 1120. The molecule has 1 amide bonds. The molecule has 0 saturated carbocycles. The van der Waals surface area contributed by atoms with Crippen LogP contribution in [0.25, 0.3) is 0 Å². The zero-order valence-corrected chi connectivity index (χ0v) is 17.5. The van der Waals surface area contributed by atoms with Crippen molar-refractivity contribution in [2.45, 2.75) is 12.1 Å². The number of aromatic hydroxyl groups is 1. The summed E-state index contributed by atoms with van der Waals surface area (Å²) in [7, 11) is 1.53. The zero-order chi connectivity index (χ0) is 22.5. The van der Waals surface area contributed by atoms with Crippen LogP contribution < -0.4 is 20.7 Å². The summed E-state index contributed by atoms with van der Waals surface area (Å²) in [5.41, 5.74) is 1.89. The number of carbonyl (C=O) groups is 2. The number of pyridine rings is 1. The Morgan fingerprint density at radius 2 is 1.78 bits per heavy atom. The van der Waals surface area contributed by atoms with Gasteiger partial charge in [-0.15, -0.1) is 0 Å². The van der Waals surface area contributed by atoms with Crippen molar-refractivity contribution in [1.29, 1.82) is 0 Å². The second kappa shape index (κ2) is 9.49. The Morgan fingerprint density at radius 1 is 1.03 bits per heavy atom. The molecule has 164 valence electrons. The highest BCUT2D eigenvalue weighted by Gasteiger charge is 2.29. The molecule has 0 unspecified atom stereocenters. The molecule has 8 nitrogen and oxygen atoms in total. The van der Waals surface area contributed by atoms with E-state index in [9.17, 15) is 14.7 Å². The van der Waals surface area contributed by atoms with Gasteiger partial charge in [0, 0.05) is 36.6 Å². The highest BCUT2D eigenvalue weighted by atomic mass is 16.5. The second-order valence-electron chi connectivity index (χ2n) is 7.49. The van der Waals surface area contributed by atoms with Crippen LogP contribution >= 0.6 is 0 Å². The number of phenolic OH excluding ortho intramolecular Hbond substituents is 1. The fourth-order valence-corrected chi connectivity index (χ4v) is 3.71. The van der Waals surface area contributed by atoms with E-state index in [4.69, 9.17) is 4.74 Å². The molecule has 2 heterocycles. The van der Waals surface area contributed by atoms with Crippen molar-refractivity contribution in [3.8, 4) is 11.5 Å². The number of hydrogen-bond acceptors (Lipinski definition) is 7. The lowest BCUT2D eigenvalue weighted by molar-refractivity contribution is 0.0937. The third kappa shape index (κ3) is 4.55. The molecule has 1 aromatic heterocycles. The minimum Gasteiger partial charge on any atom is -0.507 e. The summed E-state index contributed by atoms with van der Waals surface area (Å²) in [6, 6.07) is 14.7. The van der Waals surface area contributed by atoms with Crippen LogP contribution in [0.3, 0.4) is 0 Å².